The van der Waals surface area contributed by atoms with Crippen molar-refractivity contribution in [2.24, 2.45) is 0 Å². The molecule has 2 rings (SSSR count). The van der Waals surface area contributed by atoms with Gasteiger partial charge in [0.1, 0.15) is 0 Å². The fraction of sp³-hybridized carbons (Fsp3) is 0.333. The summed E-state index contributed by atoms with van der Waals surface area (Å²) in [5, 5.41) is -0.202. The first-order valence-electron chi connectivity index (χ1n) is 8.19. The molecule has 2 aromatic rings. The number of carbonyl (C=O) groups excluding carboxylic acids is 2. The SMILES string of the molecule is CCOC(=O)OC(C)SC(=O)c1c(Cl)cccc1-c1nc(OC)cc(OC)n1. The van der Waals surface area contributed by atoms with Gasteiger partial charge in [0, 0.05) is 5.56 Å². The van der Waals surface area contributed by atoms with E-state index in [0.717, 1.165) is 11.8 Å². The van der Waals surface area contributed by atoms with E-state index in [2.05, 4.69) is 9.97 Å². The summed E-state index contributed by atoms with van der Waals surface area (Å²) in [4.78, 5) is 32.8. The van der Waals surface area contributed by atoms with E-state index in [0.29, 0.717) is 5.56 Å². The largest absolute Gasteiger partial charge is 0.509 e. The predicted octanol–water partition coefficient (Wildman–Crippen LogP) is 4.21. The maximum absolute atomic E-state index is 12.8. The first-order valence-corrected chi connectivity index (χ1v) is 9.45. The number of benzene rings is 1. The second-order valence-corrected chi connectivity index (χ2v) is 6.89. The number of hydrogen-bond donors (Lipinski definition) is 0. The van der Waals surface area contributed by atoms with Crippen LogP contribution in [0.5, 0.6) is 11.8 Å². The third-order valence-electron chi connectivity index (χ3n) is 3.35. The predicted molar refractivity (Wildman–Crippen MR) is 105 cm³/mol. The van der Waals surface area contributed by atoms with Gasteiger partial charge in [-0.05, 0) is 31.7 Å². The van der Waals surface area contributed by atoms with Gasteiger partial charge in [-0.3, -0.25) is 4.79 Å². The molecule has 1 aromatic carbocycles. The molecule has 10 heteroatoms. The van der Waals surface area contributed by atoms with Crippen molar-refractivity contribution in [2.75, 3.05) is 20.8 Å². The minimum Gasteiger partial charge on any atom is -0.481 e. The van der Waals surface area contributed by atoms with E-state index in [4.69, 9.17) is 30.5 Å². The van der Waals surface area contributed by atoms with Crippen LogP contribution in [-0.2, 0) is 9.47 Å². The standard InChI is InChI=1S/C18H19ClN2O6S/c1-5-26-18(23)27-10(2)28-17(22)15-11(7-6-8-12(15)19)16-20-13(24-3)9-14(21-16)25-4/h6-10H,5H2,1-4H3. The van der Waals surface area contributed by atoms with Gasteiger partial charge in [-0.2, -0.15) is 9.97 Å². The fourth-order valence-electron chi connectivity index (χ4n) is 2.17. The Morgan fingerprint density at radius 1 is 1.18 bits per heavy atom. The Morgan fingerprint density at radius 3 is 2.39 bits per heavy atom. The molecule has 0 N–H and O–H groups in total. The number of ether oxygens (including phenoxy) is 4. The van der Waals surface area contributed by atoms with E-state index < -0.39 is 16.7 Å². The van der Waals surface area contributed by atoms with Gasteiger partial charge >= 0.3 is 6.16 Å². The second-order valence-electron chi connectivity index (χ2n) is 5.21. The van der Waals surface area contributed by atoms with Crippen molar-refractivity contribution >= 4 is 34.6 Å². The number of thioether (sulfide) groups is 1. The molecule has 0 aliphatic rings. The Morgan fingerprint density at radius 2 is 1.82 bits per heavy atom. The average Bonchev–Trinajstić information content (AvgIpc) is 2.67. The fourth-order valence-corrected chi connectivity index (χ4v) is 3.25. The van der Waals surface area contributed by atoms with Crippen molar-refractivity contribution in [3.63, 3.8) is 0 Å². The molecule has 0 aliphatic heterocycles. The molecule has 1 aromatic heterocycles. The smallest absolute Gasteiger partial charge is 0.481 e. The normalized spacial score (nSPS) is 11.5. The molecule has 0 saturated heterocycles. The highest BCUT2D eigenvalue weighted by atomic mass is 35.5. The lowest BCUT2D eigenvalue weighted by atomic mass is 10.1. The van der Waals surface area contributed by atoms with Crippen molar-refractivity contribution < 1.29 is 28.5 Å². The summed E-state index contributed by atoms with van der Waals surface area (Å²) in [6.45, 7) is 3.39. The molecule has 0 amide bonds. The third kappa shape index (κ3) is 5.49. The second kappa shape index (κ2) is 10.1. The molecule has 0 spiro atoms. The first-order chi connectivity index (χ1) is 13.4. The molecule has 8 nitrogen and oxygen atoms in total. The van der Waals surface area contributed by atoms with Gasteiger partial charge in [-0.15, -0.1) is 0 Å². The summed E-state index contributed by atoms with van der Waals surface area (Å²) < 4.78 is 20.0. The molecule has 0 aliphatic carbocycles. The van der Waals surface area contributed by atoms with E-state index in [9.17, 15) is 9.59 Å². The number of hydrogen-bond acceptors (Lipinski definition) is 9. The molecular formula is C18H19ClN2O6S. The van der Waals surface area contributed by atoms with E-state index in [-0.39, 0.29) is 34.8 Å². The van der Waals surface area contributed by atoms with Crippen LogP contribution < -0.4 is 9.47 Å². The highest BCUT2D eigenvalue weighted by Crippen LogP contribution is 2.33. The van der Waals surface area contributed by atoms with Crippen molar-refractivity contribution in [1.29, 1.82) is 0 Å². The molecule has 1 atom stereocenters. The van der Waals surface area contributed by atoms with E-state index >= 15 is 0 Å². The summed E-state index contributed by atoms with van der Waals surface area (Å²) in [6, 6.07) is 6.42. The van der Waals surface area contributed by atoms with Crippen molar-refractivity contribution in [3.8, 4) is 23.1 Å². The molecule has 0 radical (unpaired) electrons. The summed E-state index contributed by atoms with van der Waals surface area (Å²) >= 11 is 7.06. The number of rotatable bonds is 7. The first kappa shape index (κ1) is 21.8. The number of aromatic nitrogens is 2. The molecule has 28 heavy (non-hydrogen) atoms. The van der Waals surface area contributed by atoms with Gasteiger partial charge in [-0.1, -0.05) is 23.7 Å². The number of halogens is 1. The highest BCUT2D eigenvalue weighted by Gasteiger charge is 2.23. The Labute approximate surface area is 171 Å². The third-order valence-corrected chi connectivity index (χ3v) is 4.51. The lowest BCUT2D eigenvalue weighted by Crippen LogP contribution is -2.15. The quantitative estimate of drug-likeness (QED) is 0.476. The van der Waals surface area contributed by atoms with Crippen molar-refractivity contribution in [1.82, 2.24) is 9.97 Å². The molecule has 0 fully saturated rings. The average molecular weight is 427 g/mol. The lowest BCUT2D eigenvalue weighted by molar-refractivity contribution is 0.0551. The molecule has 1 unspecified atom stereocenters. The highest BCUT2D eigenvalue weighted by molar-refractivity contribution is 8.14. The van der Waals surface area contributed by atoms with E-state index in [1.54, 1.807) is 32.0 Å². The lowest BCUT2D eigenvalue weighted by Gasteiger charge is -2.14. The van der Waals surface area contributed by atoms with Gasteiger partial charge in [0.2, 0.25) is 16.9 Å². The summed E-state index contributed by atoms with van der Waals surface area (Å²) in [5.74, 6) is 0.750. The molecule has 1 heterocycles. The maximum Gasteiger partial charge on any atom is 0.509 e. The van der Waals surface area contributed by atoms with Gasteiger partial charge in [-0.25, -0.2) is 4.79 Å². The minimum absolute atomic E-state index is 0.174. The zero-order valence-electron chi connectivity index (χ0n) is 15.7. The molecule has 150 valence electrons. The van der Waals surface area contributed by atoms with E-state index in [1.165, 1.54) is 20.3 Å². The van der Waals surface area contributed by atoms with Crippen LogP contribution >= 0.6 is 23.4 Å². The zero-order valence-corrected chi connectivity index (χ0v) is 17.3. The van der Waals surface area contributed by atoms with Crippen molar-refractivity contribution in [2.45, 2.75) is 19.3 Å². The Bertz CT molecular complexity index is 842. The number of nitrogens with zero attached hydrogens (tertiary/aromatic N) is 2. The van der Waals surface area contributed by atoms with Gasteiger partial charge < -0.3 is 18.9 Å². The van der Waals surface area contributed by atoms with Crippen LogP contribution in [0.2, 0.25) is 5.02 Å². The van der Waals surface area contributed by atoms with Gasteiger partial charge in [0.25, 0.3) is 0 Å². The van der Waals surface area contributed by atoms with Crippen molar-refractivity contribution in [3.05, 3.63) is 34.9 Å². The summed E-state index contributed by atoms with van der Waals surface area (Å²) in [5.41, 5.74) is -0.203. The number of methoxy groups -OCH3 is 2. The van der Waals surface area contributed by atoms with Crippen LogP contribution in [0.4, 0.5) is 4.79 Å². The van der Waals surface area contributed by atoms with E-state index in [1.807, 2.05) is 0 Å². The van der Waals surface area contributed by atoms with Gasteiger partial charge in [0.05, 0.1) is 37.5 Å². The Hall–Kier alpha value is -2.52. The van der Waals surface area contributed by atoms with Crippen LogP contribution in [0.25, 0.3) is 11.4 Å². The minimum atomic E-state index is -0.851. The van der Waals surface area contributed by atoms with Crippen LogP contribution in [0, 0.1) is 0 Å². The van der Waals surface area contributed by atoms with Crippen LogP contribution in [-0.4, -0.2) is 47.5 Å². The monoisotopic (exact) mass is 426 g/mol. The topological polar surface area (TPSA) is 96.8 Å². The Kier molecular flexibility index (Phi) is 7.89. The molecular weight excluding hydrogens is 408 g/mol. The summed E-state index contributed by atoms with van der Waals surface area (Å²) in [6.07, 6.45) is -0.851. The van der Waals surface area contributed by atoms with Crippen LogP contribution in [0.1, 0.15) is 24.2 Å². The zero-order chi connectivity index (χ0) is 20.7. The summed E-state index contributed by atoms with van der Waals surface area (Å²) in [7, 11) is 2.92. The maximum atomic E-state index is 12.8. The Balaban J connectivity index is 2.36. The molecule has 0 bridgehead atoms. The molecule has 0 saturated carbocycles. The number of carbonyl (C=O) groups is 2. The van der Waals surface area contributed by atoms with Gasteiger partial charge in [0.15, 0.2) is 11.3 Å². The van der Waals surface area contributed by atoms with Crippen LogP contribution in [0.15, 0.2) is 24.3 Å². The van der Waals surface area contributed by atoms with Crippen LogP contribution in [0.3, 0.4) is 0 Å².